The Labute approximate surface area is 124 Å². The number of hydrogen-bond donors (Lipinski definition) is 0. The van der Waals surface area contributed by atoms with Crippen LogP contribution in [0.4, 0.5) is 0 Å². The molecule has 3 atom stereocenters. The maximum absolute atomic E-state index is 12.4. The Bertz CT molecular complexity index is 612. The van der Waals surface area contributed by atoms with Crippen molar-refractivity contribution in [3.63, 3.8) is 0 Å². The number of nitriles is 1. The van der Waals surface area contributed by atoms with Crippen LogP contribution in [0.1, 0.15) is 42.7 Å². The summed E-state index contributed by atoms with van der Waals surface area (Å²) in [6, 6.07) is 3.61. The van der Waals surface area contributed by atoms with Crippen molar-refractivity contribution < 1.29 is 14.3 Å². The Hall–Kier alpha value is -1.80. The first kappa shape index (κ1) is 14.2. The highest BCUT2D eigenvalue weighted by molar-refractivity contribution is 5.88. The number of carbonyl (C=O) groups is 1. The smallest absolute Gasteiger partial charge is 0.355 e. The Kier molecular flexibility index (Phi) is 3.29. The molecule has 0 bridgehead atoms. The normalized spacial score (nSPS) is 29.9. The minimum atomic E-state index is -0.360. The van der Waals surface area contributed by atoms with Crippen LogP contribution in [0.5, 0.6) is 0 Å². The average Bonchev–Trinajstić information content (AvgIpc) is 2.86. The van der Waals surface area contributed by atoms with Gasteiger partial charge in [-0.2, -0.15) is 5.26 Å². The fourth-order valence-electron chi connectivity index (χ4n) is 3.72. The molecule has 2 heterocycles. The second kappa shape index (κ2) is 4.88. The molecule has 1 aromatic rings. The summed E-state index contributed by atoms with van der Waals surface area (Å²) in [6.07, 6.45) is 3.77. The van der Waals surface area contributed by atoms with Crippen LogP contribution in [0, 0.1) is 22.7 Å². The molecule has 1 saturated heterocycles. The number of carbonyl (C=O) groups excluding carboxylic acids is 1. The summed E-state index contributed by atoms with van der Waals surface area (Å²) in [5.41, 5.74) is 0.739. The van der Waals surface area contributed by atoms with E-state index >= 15 is 0 Å². The van der Waals surface area contributed by atoms with E-state index in [-0.39, 0.29) is 23.6 Å². The van der Waals surface area contributed by atoms with Crippen LogP contribution in [0.25, 0.3) is 0 Å². The van der Waals surface area contributed by atoms with E-state index in [1.54, 1.807) is 23.9 Å². The molecule has 2 fully saturated rings. The van der Waals surface area contributed by atoms with Gasteiger partial charge in [0.1, 0.15) is 17.9 Å². The standard InChI is InChI=1S/C16H20N2O3/c1-16(2)13-11(5-4-6-20-13)14(16)21-15(19)12-7-10(8-17)9-18(12)3/h7,9,11,13-14H,4-6H2,1-3H3. The summed E-state index contributed by atoms with van der Waals surface area (Å²) >= 11 is 0. The molecule has 1 saturated carbocycles. The van der Waals surface area contributed by atoms with Crippen LogP contribution in [-0.4, -0.2) is 29.4 Å². The van der Waals surface area contributed by atoms with Gasteiger partial charge in [-0.25, -0.2) is 4.79 Å². The van der Waals surface area contributed by atoms with E-state index in [4.69, 9.17) is 14.7 Å². The number of esters is 1. The fraction of sp³-hybridized carbons (Fsp3) is 0.625. The van der Waals surface area contributed by atoms with E-state index in [9.17, 15) is 4.79 Å². The van der Waals surface area contributed by atoms with Gasteiger partial charge in [-0.05, 0) is 18.9 Å². The molecular formula is C16H20N2O3. The molecule has 5 heteroatoms. The Balaban J connectivity index is 1.75. The molecule has 0 amide bonds. The number of ether oxygens (including phenoxy) is 2. The van der Waals surface area contributed by atoms with E-state index in [1.807, 2.05) is 6.07 Å². The average molecular weight is 288 g/mol. The molecule has 5 nitrogen and oxygen atoms in total. The quantitative estimate of drug-likeness (QED) is 0.783. The molecule has 1 aliphatic heterocycles. The van der Waals surface area contributed by atoms with Crippen molar-refractivity contribution in [3.05, 3.63) is 23.5 Å². The van der Waals surface area contributed by atoms with Gasteiger partial charge in [0.25, 0.3) is 0 Å². The molecule has 3 rings (SSSR count). The molecule has 112 valence electrons. The zero-order chi connectivity index (χ0) is 15.2. The number of nitrogens with zero attached hydrogens (tertiary/aromatic N) is 2. The number of rotatable bonds is 2. The summed E-state index contributed by atoms with van der Waals surface area (Å²) in [4.78, 5) is 12.4. The predicted octanol–water partition coefficient (Wildman–Crippen LogP) is 2.26. The first-order valence-electron chi connectivity index (χ1n) is 7.34. The van der Waals surface area contributed by atoms with Crippen LogP contribution in [0.15, 0.2) is 12.3 Å². The van der Waals surface area contributed by atoms with Gasteiger partial charge in [0, 0.05) is 31.2 Å². The van der Waals surface area contributed by atoms with Crippen molar-refractivity contribution in [2.24, 2.45) is 18.4 Å². The van der Waals surface area contributed by atoms with Crippen LogP contribution < -0.4 is 0 Å². The molecule has 3 unspecified atom stereocenters. The van der Waals surface area contributed by atoms with Gasteiger partial charge >= 0.3 is 5.97 Å². The lowest BCUT2D eigenvalue weighted by Crippen LogP contribution is -2.65. The second-order valence-electron chi connectivity index (χ2n) is 6.58. The Morgan fingerprint density at radius 3 is 3.00 bits per heavy atom. The molecule has 0 N–H and O–H groups in total. The van der Waals surface area contributed by atoms with Crippen molar-refractivity contribution in [1.29, 1.82) is 5.26 Å². The van der Waals surface area contributed by atoms with Gasteiger partial charge in [0.05, 0.1) is 11.7 Å². The number of hydrogen-bond acceptors (Lipinski definition) is 4. The van der Waals surface area contributed by atoms with Gasteiger partial charge in [0.2, 0.25) is 0 Å². The highest BCUT2D eigenvalue weighted by Gasteiger charge is 2.60. The summed E-state index contributed by atoms with van der Waals surface area (Å²) in [5.74, 6) is -0.0606. The highest BCUT2D eigenvalue weighted by atomic mass is 16.6. The number of fused-ring (bicyclic) bond motifs is 1. The van der Waals surface area contributed by atoms with Crippen LogP contribution in [0.3, 0.4) is 0 Å². The SMILES string of the molecule is Cn1cc(C#N)cc1C(=O)OC1C2CCCOC2C1(C)C. The summed E-state index contributed by atoms with van der Waals surface area (Å²) in [6.45, 7) is 4.97. The summed E-state index contributed by atoms with van der Waals surface area (Å²) in [5, 5.41) is 8.90. The van der Waals surface area contributed by atoms with Gasteiger partial charge < -0.3 is 14.0 Å². The van der Waals surface area contributed by atoms with Crippen molar-refractivity contribution in [3.8, 4) is 6.07 Å². The molecule has 0 aromatic carbocycles. The molecule has 1 aliphatic carbocycles. The molecule has 0 spiro atoms. The zero-order valence-corrected chi connectivity index (χ0v) is 12.6. The number of aromatic nitrogens is 1. The lowest BCUT2D eigenvalue weighted by Gasteiger charge is -2.58. The third-order valence-corrected chi connectivity index (χ3v) is 4.80. The minimum Gasteiger partial charge on any atom is -0.457 e. The van der Waals surface area contributed by atoms with Crippen molar-refractivity contribution in [2.45, 2.75) is 38.9 Å². The molecular weight excluding hydrogens is 268 g/mol. The maximum Gasteiger partial charge on any atom is 0.355 e. The van der Waals surface area contributed by atoms with Crippen molar-refractivity contribution in [2.75, 3.05) is 6.61 Å². The van der Waals surface area contributed by atoms with Gasteiger partial charge in [-0.1, -0.05) is 13.8 Å². The predicted molar refractivity (Wildman–Crippen MR) is 75.6 cm³/mol. The van der Waals surface area contributed by atoms with Crippen molar-refractivity contribution >= 4 is 5.97 Å². The lowest BCUT2D eigenvalue weighted by atomic mass is 9.57. The second-order valence-corrected chi connectivity index (χ2v) is 6.58. The van der Waals surface area contributed by atoms with E-state index in [2.05, 4.69) is 13.8 Å². The van der Waals surface area contributed by atoms with E-state index < -0.39 is 0 Å². The first-order valence-corrected chi connectivity index (χ1v) is 7.34. The minimum absolute atomic E-state index is 0.115. The van der Waals surface area contributed by atoms with E-state index in [0.717, 1.165) is 19.4 Å². The van der Waals surface area contributed by atoms with Gasteiger partial charge in [0.15, 0.2) is 0 Å². The lowest BCUT2D eigenvalue weighted by molar-refractivity contribution is -0.243. The van der Waals surface area contributed by atoms with Gasteiger partial charge in [-0.3, -0.25) is 0 Å². The van der Waals surface area contributed by atoms with Gasteiger partial charge in [-0.15, -0.1) is 0 Å². The first-order chi connectivity index (χ1) is 9.95. The topological polar surface area (TPSA) is 64.2 Å². The third-order valence-electron chi connectivity index (χ3n) is 4.80. The maximum atomic E-state index is 12.4. The Morgan fingerprint density at radius 2 is 2.33 bits per heavy atom. The number of aryl methyl sites for hydroxylation is 1. The molecule has 21 heavy (non-hydrogen) atoms. The van der Waals surface area contributed by atoms with Crippen LogP contribution in [-0.2, 0) is 16.5 Å². The van der Waals surface area contributed by atoms with Crippen LogP contribution >= 0.6 is 0 Å². The van der Waals surface area contributed by atoms with E-state index in [0.29, 0.717) is 17.2 Å². The highest BCUT2D eigenvalue weighted by Crippen LogP contribution is 2.53. The largest absolute Gasteiger partial charge is 0.457 e. The summed E-state index contributed by atoms with van der Waals surface area (Å²) < 4.78 is 13.2. The third kappa shape index (κ3) is 2.14. The zero-order valence-electron chi connectivity index (χ0n) is 12.6. The molecule has 2 aliphatic rings. The van der Waals surface area contributed by atoms with Crippen LogP contribution in [0.2, 0.25) is 0 Å². The fourth-order valence-corrected chi connectivity index (χ4v) is 3.72. The molecule has 0 radical (unpaired) electrons. The molecule has 1 aromatic heterocycles. The van der Waals surface area contributed by atoms with E-state index in [1.165, 1.54) is 0 Å². The monoisotopic (exact) mass is 288 g/mol. The Morgan fingerprint density at radius 1 is 1.57 bits per heavy atom. The summed E-state index contributed by atoms with van der Waals surface area (Å²) in [7, 11) is 1.75. The van der Waals surface area contributed by atoms with Crippen molar-refractivity contribution in [1.82, 2.24) is 4.57 Å².